The molecule has 4 nitrogen and oxygen atoms in total. The number of halogens is 1. The highest BCUT2D eigenvalue weighted by Gasteiger charge is 2.49. The zero-order valence-electron chi connectivity index (χ0n) is 10.9. The highest BCUT2D eigenvalue weighted by Crippen LogP contribution is 2.46. The number of anilines is 1. The number of hydrogen-bond acceptors (Lipinski definition) is 3. The highest BCUT2D eigenvalue weighted by atomic mass is 35.5. The number of carbonyl (C=O) groups excluding carboxylic acids is 1. The molecule has 0 heterocycles. The lowest BCUT2D eigenvalue weighted by atomic mass is 9.63. The van der Waals surface area contributed by atoms with Gasteiger partial charge in [0.15, 0.2) is 0 Å². The van der Waals surface area contributed by atoms with E-state index in [1.807, 2.05) is 6.92 Å². The lowest BCUT2D eigenvalue weighted by Crippen LogP contribution is -2.45. The van der Waals surface area contributed by atoms with Crippen LogP contribution < -0.4 is 10.1 Å². The fourth-order valence-electron chi connectivity index (χ4n) is 2.43. The minimum Gasteiger partial charge on any atom is -0.497 e. The Bertz CT molecular complexity index is 545. The van der Waals surface area contributed by atoms with Crippen LogP contribution in [0, 0.1) is 22.7 Å². The number of nitrogens with zero attached hydrogens (tertiary/aromatic N) is 1. The number of nitrogens with one attached hydrogen (secondary N) is 1. The molecule has 0 aliphatic heterocycles. The second kappa shape index (κ2) is 5.10. The molecule has 0 atom stereocenters. The van der Waals surface area contributed by atoms with Gasteiger partial charge in [-0.25, -0.2) is 0 Å². The zero-order valence-corrected chi connectivity index (χ0v) is 11.6. The molecule has 0 saturated heterocycles. The third kappa shape index (κ3) is 2.52. The summed E-state index contributed by atoms with van der Waals surface area (Å²) in [5, 5.41) is 12.4. The molecule has 0 spiro atoms. The first kappa shape index (κ1) is 13.7. The van der Waals surface area contributed by atoms with E-state index in [9.17, 15) is 10.1 Å². The second-order valence-corrected chi connectivity index (χ2v) is 5.41. The van der Waals surface area contributed by atoms with E-state index in [-0.39, 0.29) is 5.91 Å². The summed E-state index contributed by atoms with van der Waals surface area (Å²) in [5.74, 6) is 0.724. The van der Waals surface area contributed by atoms with Crippen LogP contribution in [0.1, 0.15) is 19.8 Å². The fourth-order valence-corrected chi connectivity index (χ4v) is 2.59. The third-order valence-electron chi connectivity index (χ3n) is 3.46. The van der Waals surface area contributed by atoms with Gasteiger partial charge >= 0.3 is 0 Å². The van der Waals surface area contributed by atoms with E-state index in [0.717, 1.165) is 0 Å². The van der Waals surface area contributed by atoms with E-state index in [4.69, 9.17) is 16.3 Å². The minimum absolute atomic E-state index is 0.289. The molecule has 1 aromatic rings. The minimum atomic E-state index is -0.911. The summed E-state index contributed by atoms with van der Waals surface area (Å²) >= 11 is 6.03. The first-order valence-electron chi connectivity index (χ1n) is 6.07. The number of methoxy groups -OCH3 is 1. The standard InChI is InChI=1S/C14H15ClN2O2/c1-9-6-14(7-9,8-16)13(18)17-12-5-10(19-2)3-4-11(12)15/h3-5,9H,6-7H2,1-2H3,(H,17,18). The van der Waals surface area contributed by atoms with Crippen molar-refractivity contribution < 1.29 is 9.53 Å². The lowest BCUT2D eigenvalue weighted by molar-refractivity contribution is -0.128. The molecule has 0 radical (unpaired) electrons. The molecule has 0 unspecified atom stereocenters. The number of benzene rings is 1. The van der Waals surface area contributed by atoms with E-state index in [1.165, 1.54) is 0 Å². The topological polar surface area (TPSA) is 62.1 Å². The Hall–Kier alpha value is -1.73. The fraction of sp³-hybridized carbons (Fsp3) is 0.429. The number of hydrogen-bond donors (Lipinski definition) is 1. The highest BCUT2D eigenvalue weighted by molar-refractivity contribution is 6.33. The Balaban J connectivity index is 2.17. The van der Waals surface area contributed by atoms with Crippen LogP contribution in [-0.2, 0) is 4.79 Å². The van der Waals surface area contributed by atoms with Crippen molar-refractivity contribution >= 4 is 23.2 Å². The van der Waals surface area contributed by atoms with Gasteiger partial charge in [-0.05, 0) is 30.9 Å². The molecule has 5 heteroatoms. The number of rotatable bonds is 3. The molecule has 1 fully saturated rings. The predicted molar refractivity (Wildman–Crippen MR) is 73.1 cm³/mol. The van der Waals surface area contributed by atoms with Crippen LogP contribution in [0.25, 0.3) is 0 Å². The van der Waals surface area contributed by atoms with Gasteiger partial charge in [-0.15, -0.1) is 0 Å². The summed E-state index contributed by atoms with van der Waals surface area (Å²) in [5.41, 5.74) is -0.438. The van der Waals surface area contributed by atoms with Crippen LogP contribution in [-0.4, -0.2) is 13.0 Å². The first-order valence-corrected chi connectivity index (χ1v) is 6.45. The zero-order chi connectivity index (χ0) is 14.0. The summed E-state index contributed by atoms with van der Waals surface area (Å²) in [7, 11) is 1.54. The number of nitriles is 1. The lowest BCUT2D eigenvalue weighted by Gasteiger charge is -2.39. The second-order valence-electron chi connectivity index (χ2n) is 5.01. The Morgan fingerprint density at radius 2 is 2.26 bits per heavy atom. The summed E-state index contributed by atoms with van der Waals surface area (Å²) in [6.07, 6.45) is 1.19. The molecule has 1 aromatic carbocycles. The molecule has 1 aliphatic carbocycles. The third-order valence-corrected chi connectivity index (χ3v) is 3.79. The molecule has 0 aromatic heterocycles. The summed E-state index contributed by atoms with van der Waals surface area (Å²) in [6.45, 7) is 2.03. The Labute approximate surface area is 117 Å². The van der Waals surface area contributed by atoms with E-state index in [1.54, 1.807) is 25.3 Å². The quantitative estimate of drug-likeness (QED) is 0.923. The van der Waals surface area contributed by atoms with E-state index in [0.29, 0.717) is 35.2 Å². The van der Waals surface area contributed by atoms with Crippen molar-refractivity contribution in [2.75, 3.05) is 12.4 Å². The largest absolute Gasteiger partial charge is 0.497 e. The molecule has 19 heavy (non-hydrogen) atoms. The Kier molecular flexibility index (Phi) is 3.68. The maximum atomic E-state index is 12.2. The SMILES string of the molecule is COc1ccc(Cl)c(NC(=O)C2(C#N)CC(C)C2)c1. The smallest absolute Gasteiger partial charge is 0.244 e. The maximum absolute atomic E-state index is 12.2. The number of ether oxygens (including phenoxy) is 1. The molecular weight excluding hydrogens is 264 g/mol. The molecule has 1 saturated carbocycles. The molecule has 1 amide bonds. The van der Waals surface area contributed by atoms with Crippen LogP contribution in [0.2, 0.25) is 5.02 Å². The number of carbonyl (C=O) groups is 1. The van der Waals surface area contributed by atoms with Gasteiger partial charge in [0.2, 0.25) is 5.91 Å². The van der Waals surface area contributed by atoms with Gasteiger partial charge in [-0.1, -0.05) is 18.5 Å². The van der Waals surface area contributed by atoms with Crippen LogP contribution in [0.15, 0.2) is 18.2 Å². The van der Waals surface area contributed by atoms with E-state index >= 15 is 0 Å². The van der Waals surface area contributed by atoms with Crippen LogP contribution >= 0.6 is 11.6 Å². The van der Waals surface area contributed by atoms with Gasteiger partial charge in [-0.2, -0.15) is 5.26 Å². The van der Waals surface area contributed by atoms with Crippen molar-refractivity contribution in [1.82, 2.24) is 0 Å². The Morgan fingerprint density at radius 1 is 1.58 bits per heavy atom. The van der Waals surface area contributed by atoms with Gasteiger partial charge in [-0.3, -0.25) is 4.79 Å². The van der Waals surface area contributed by atoms with Crippen molar-refractivity contribution in [1.29, 1.82) is 5.26 Å². The van der Waals surface area contributed by atoms with Crippen molar-refractivity contribution in [3.63, 3.8) is 0 Å². The monoisotopic (exact) mass is 278 g/mol. The van der Waals surface area contributed by atoms with Gasteiger partial charge in [0, 0.05) is 6.07 Å². The first-order chi connectivity index (χ1) is 9.00. The molecule has 2 rings (SSSR count). The van der Waals surface area contributed by atoms with Gasteiger partial charge in [0.05, 0.1) is 23.9 Å². The van der Waals surface area contributed by atoms with Crippen molar-refractivity contribution in [3.05, 3.63) is 23.2 Å². The summed E-state index contributed by atoms with van der Waals surface area (Å²) < 4.78 is 5.09. The van der Waals surface area contributed by atoms with Crippen LogP contribution in [0.4, 0.5) is 5.69 Å². The van der Waals surface area contributed by atoms with Crippen molar-refractivity contribution in [3.8, 4) is 11.8 Å². The Morgan fingerprint density at radius 3 is 2.79 bits per heavy atom. The average Bonchev–Trinajstić information content (AvgIpc) is 2.37. The van der Waals surface area contributed by atoms with Gasteiger partial charge in [0.25, 0.3) is 0 Å². The van der Waals surface area contributed by atoms with E-state index in [2.05, 4.69) is 11.4 Å². The molecule has 100 valence electrons. The van der Waals surface area contributed by atoms with E-state index < -0.39 is 5.41 Å². The summed E-state index contributed by atoms with van der Waals surface area (Å²) in [6, 6.07) is 7.14. The van der Waals surface area contributed by atoms with Crippen molar-refractivity contribution in [2.24, 2.45) is 11.3 Å². The number of amides is 1. The average molecular weight is 279 g/mol. The molecule has 1 N–H and O–H groups in total. The van der Waals surface area contributed by atoms with Crippen molar-refractivity contribution in [2.45, 2.75) is 19.8 Å². The predicted octanol–water partition coefficient (Wildman–Crippen LogP) is 3.23. The molecule has 0 bridgehead atoms. The van der Waals surface area contributed by atoms with Gasteiger partial charge < -0.3 is 10.1 Å². The van der Waals surface area contributed by atoms with Crippen LogP contribution in [0.5, 0.6) is 5.75 Å². The maximum Gasteiger partial charge on any atom is 0.244 e. The summed E-state index contributed by atoms with van der Waals surface area (Å²) in [4.78, 5) is 12.2. The molecular formula is C14H15ClN2O2. The van der Waals surface area contributed by atoms with Gasteiger partial charge in [0.1, 0.15) is 11.2 Å². The molecule has 1 aliphatic rings. The normalized spacial score (nSPS) is 25.1. The van der Waals surface area contributed by atoms with Crippen LogP contribution in [0.3, 0.4) is 0 Å².